The number of aliphatic hydroxyl groups excluding tert-OH is 1. The summed E-state index contributed by atoms with van der Waals surface area (Å²) in [5.74, 6) is -0.747. The minimum atomic E-state index is -1.17. The molecule has 10 heteroatoms. The molecule has 188 valence electrons. The van der Waals surface area contributed by atoms with E-state index in [9.17, 15) is 23.9 Å². The van der Waals surface area contributed by atoms with Crippen LogP contribution in [0.3, 0.4) is 0 Å². The van der Waals surface area contributed by atoms with Gasteiger partial charge in [0.2, 0.25) is 5.91 Å². The van der Waals surface area contributed by atoms with E-state index < -0.39 is 17.8 Å². The third kappa shape index (κ3) is 7.41. The van der Waals surface area contributed by atoms with Crippen LogP contribution in [0.1, 0.15) is 42.1 Å². The normalized spacial score (nSPS) is 16.5. The molecule has 0 fully saturated rings. The van der Waals surface area contributed by atoms with Crippen molar-refractivity contribution in [2.45, 2.75) is 38.8 Å². The Kier molecular flexibility index (Phi) is 9.02. The molecule has 0 unspecified atom stereocenters. The van der Waals surface area contributed by atoms with Crippen LogP contribution in [0.15, 0.2) is 36.4 Å². The zero-order valence-corrected chi connectivity index (χ0v) is 19.8. The Bertz CT molecular complexity index is 1080. The van der Waals surface area contributed by atoms with E-state index in [1.165, 1.54) is 37.1 Å². The van der Waals surface area contributed by atoms with E-state index in [4.69, 9.17) is 9.47 Å². The summed E-state index contributed by atoms with van der Waals surface area (Å²) in [5, 5.41) is 15.2. The van der Waals surface area contributed by atoms with Crippen molar-refractivity contribution in [3.63, 3.8) is 0 Å². The predicted octanol–water partition coefficient (Wildman–Crippen LogP) is 2.37. The molecular formula is C25H30FN3O6. The van der Waals surface area contributed by atoms with Gasteiger partial charge in [0.15, 0.2) is 11.5 Å². The second kappa shape index (κ2) is 12.2. The molecule has 2 heterocycles. The van der Waals surface area contributed by atoms with E-state index in [1.54, 1.807) is 18.2 Å². The van der Waals surface area contributed by atoms with Gasteiger partial charge < -0.3 is 30.1 Å². The molecule has 0 spiro atoms. The first-order valence-electron chi connectivity index (χ1n) is 11.4. The first kappa shape index (κ1) is 26.0. The van der Waals surface area contributed by atoms with Crippen LogP contribution in [0.25, 0.3) is 0 Å². The van der Waals surface area contributed by atoms with E-state index in [-0.39, 0.29) is 37.1 Å². The molecule has 0 aromatic heterocycles. The highest BCUT2D eigenvalue weighted by molar-refractivity contribution is 5.94. The number of carbonyl (C=O) groups excluding carboxylic acids is 3. The fourth-order valence-electron chi connectivity index (χ4n) is 3.69. The summed E-state index contributed by atoms with van der Waals surface area (Å²) in [4.78, 5) is 38.7. The van der Waals surface area contributed by atoms with Crippen molar-refractivity contribution in [1.82, 2.24) is 15.5 Å². The molecular weight excluding hydrogens is 457 g/mol. The Morgan fingerprint density at radius 1 is 1.14 bits per heavy atom. The zero-order valence-electron chi connectivity index (χ0n) is 19.8. The van der Waals surface area contributed by atoms with Gasteiger partial charge in [-0.25, -0.2) is 4.39 Å². The summed E-state index contributed by atoms with van der Waals surface area (Å²) in [6, 6.07) is 8.76. The van der Waals surface area contributed by atoms with Gasteiger partial charge in [-0.15, -0.1) is 0 Å². The van der Waals surface area contributed by atoms with Gasteiger partial charge in [-0.1, -0.05) is 0 Å². The van der Waals surface area contributed by atoms with E-state index in [0.717, 1.165) is 0 Å². The van der Waals surface area contributed by atoms with Crippen molar-refractivity contribution in [3.05, 3.63) is 53.3 Å². The number of carbonyl (C=O) groups is 3. The molecule has 0 saturated carbocycles. The number of aliphatic hydroxyl groups is 1. The van der Waals surface area contributed by atoms with Crippen LogP contribution < -0.4 is 20.1 Å². The first-order chi connectivity index (χ1) is 16.8. The highest BCUT2D eigenvalue weighted by Crippen LogP contribution is 2.33. The van der Waals surface area contributed by atoms with E-state index in [2.05, 4.69) is 10.6 Å². The van der Waals surface area contributed by atoms with Gasteiger partial charge in [-0.2, -0.15) is 0 Å². The molecule has 35 heavy (non-hydrogen) atoms. The zero-order chi connectivity index (χ0) is 25.4. The summed E-state index contributed by atoms with van der Waals surface area (Å²) in [6.45, 7) is 2.38. The number of nitrogens with one attached hydrogen (secondary N) is 2. The monoisotopic (exact) mass is 487 g/mol. The molecule has 0 aliphatic carbocycles. The molecule has 0 saturated heterocycles. The maximum absolute atomic E-state index is 14.2. The molecule has 2 aliphatic heterocycles. The van der Waals surface area contributed by atoms with Crippen LogP contribution >= 0.6 is 0 Å². The third-order valence-corrected chi connectivity index (χ3v) is 5.47. The standard InChI is InChI=1S/C25H30FN3O6/c1-16(30)25(33)29-9-3-5-23(31)28-15-17-11-19(26)14-20(12-17)35-21-7-6-18(13-22(21)34-2)24(32)27-8-4-10-29/h6-7,11-14,16,30H,3-5,8-10,15H2,1-2H3,(H,27,32)(H,28,31)/t16-/m1/s1. The molecule has 2 aromatic carbocycles. The lowest BCUT2D eigenvalue weighted by molar-refractivity contribution is -0.139. The lowest BCUT2D eigenvalue weighted by Crippen LogP contribution is -2.40. The number of nitrogens with zero attached hydrogens (tertiary/aromatic N) is 1. The number of rotatable bonds is 2. The fourth-order valence-corrected chi connectivity index (χ4v) is 3.69. The minimum Gasteiger partial charge on any atom is -0.493 e. The first-order valence-corrected chi connectivity index (χ1v) is 11.4. The van der Waals surface area contributed by atoms with E-state index in [0.29, 0.717) is 48.6 Å². The Morgan fingerprint density at radius 3 is 2.66 bits per heavy atom. The number of amides is 3. The summed E-state index contributed by atoms with van der Waals surface area (Å²) in [5.41, 5.74) is 0.854. The summed E-state index contributed by atoms with van der Waals surface area (Å²) in [7, 11) is 1.43. The third-order valence-electron chi connectivity index (χ3n) is 5.47. The number of benzene rings is 2. The van der Waals surface area contributed by atoms with Gasteiger partial charge >= 0.3 is 0 Å². The quantitative estimate of drug-likeness (QED) is 0.599. The average Bonchev–Trinajstić information content (AvgIpc) is 2.82. The molecule has 3 amide bonds. The van der Waals surface area contributed by atoms with Crippen LogP contribution in [-0.4, -0.2) is 60.6 Å². The van der Waals surface area contributed by atoms with Crippen LogP contribution in [0, 0.1) is 5.82 Å². The van der Waals surface area contributed by atoms with Crippen LogP contribution in [-0.2, 0) is 16.1 Å². The molecule has 2 aliphatic rings. The van der Waals surface area contributed by atoms with Crippen molar-refractivity contribution < 1.29 is 33.4 Å². The Hall–Kier alpha value is -3.66. The van der Waals surface area contributed by atoms with Gasteiger partial charge in [0.1, 0.15) is 17.7 Å². The SMILES string of the molecule is COc1cc2ccc1Oc1cc(F)cc(c1)CNC(=O)CCCN(C(=O)[C@@H](C)O)CCCNC2=O. The van der Waals surface area contributed by atoms with E-state index in [1.807, 2.05) is 0 Å². The number of ether oxygens (including phenoxy) is 2. The highest BCUT2D eigenvalue weighted by Gasteiger charge is 2.19. The average molecular weight is 488 g/mol. The van der Waals surface area contributed by atoms with Crippen molar-refractivity contribution >= 4 is 17.7 Å². The Labute approximate surface area is 203 Å². The van der Waals surface area contributed by atoms with Crippen molar-refractivity contribution in [2.24, 2.45) is 0 Å². The molecule has 0 radical (unpaired) electrons. The predicted molar refractivity (Wildman–Crippen MR) is 126 cm³/mol. The number of halogens is 1. The second-order valence-corrected chi connectivity index (χ2v) is 8.25. The molecule has 1 atom stereocenters. The molecule has 2 aromatic rings. The lowest BCUT2D eigenvalue weighted by Gasteiger charge is -2.24. The second-order valence-electron chi connectivity index (χ2n) is 8.25. The van der Waals surface area contributed by atoms with Gasteiger partial charge in [0, 0.05) is 44.2 Å². The fraction of sp³-hybridized carbons (Fsp3) is 0.400. The Balaban J connectivity index is 1.85. The van der Waals surface area contributed by atoms with Crippen LogP contribution in [0.4, 0.5) is 4.39 Å². The number of hydrogen-bond donors (Lipinski definition) is 3. The van der Waals surface area contributed by atoms with Gasteiger partial charge in [-0.05, 0) is 55.7 Å². The minimum absolute atomic E-state index is 0.0967. The van der Waals surface area contributed by atoms with Crippen molar-refractivity contribution in [2.75, 3.05) is 26.7 Å². The van der Waals surface area contributed by atoms with Crippen LogP contribution in [0.5, 0.6) is 17.2 Å². The Morgan fingerprint density at radius 2 is 1.91 bits per heavy atom. The number of hydrogen-bond acceptors (Lipinski definition) is 6. The maximum atomic E-state index is 14.2. The van der Waals surface area contributed by atoms with Crippen molar-refractivity contribution in [3.8, 4) is 17.2 Å². The smallest absolute Gasteiger partial charge is 0.251 e. The van der Waals surface area contributed by atoms with Crippen LogP contribution in [0.2, 0.25) is 0 Å². The lowest BCUT2D eigenvalue weighted by atomic mass is 10.1. The molecule has 4 rings (SSSR count). The maximum Gasteiger partial charge on any atom is 0.251 e. The molecule has 9 nitrogen and oxygen atoms in total. The highest BCUT2D eigenvalue weighted by atomic mass is 19.1. The molecule has 3 N–H and O–H groups in total. The number of methoxy groups -OCH3 is 1. The van der Waals surface area contributed by atoms with Crippen molar-refractivity contribution in [1.29, 1.82) is 0 Å². The number of fused-ring (bicyclic) bond motifs is 13. The van der Waals surface area contributed by atoms with E-state index >= 15 is 0 Å². The largest absolute Gasteiger partial charge is 0.493 e. The summed E-state index contributed by atoms with van der Waals surface area (Å²) >= 11 is 0. The summed E-state index contributed by atoms with van der Waals surface area (Å²) < 4.78 is 25.4. The summed E-state index contributed by atoms with van der Waals surface area (Å²) in [6.07, 6.45) is -0.157. The molecule has 4 bridgehead atoms. The topological polar surface area (TPSA) is 117 Å². The van der Waals surface area contributed by atoms with Gasteiger partial charge in [-0.3, -0.25) is 14.4 Å². The van der Waals surface area contributed by atoms with Gasteiger partial charge in [0.05, 0.1) is 7.11 Å². The van der Waals surface area contributed by atoms with Gasteiger partial charge in [0.25, 0.3) is 11.8 Å².